The quantitative estimate of drug-likeness (QED) is 0.417. The average molecular weight is 510 g/mol. The van der Waals surface area contributed by atoms with Crippen molar-refractivity contribution in [3.63, 3.8) is 0 Å². The maximum absolute atomic E-state index is 13.4. The third-order valence-corrected chi connectivity index (χ3v) is 5.80. The van der Waals surface area contributed by atoms with Crippen molar-refractivity contribution in [2.45, 2.75) is 37.8 Å². The summed E-state index contributed by atoms with van der Waals surface area (Å²) in [6.45, 7) is 0.0288. The molecular formula is C21H24ClN5O8. The second-order valence-electron chi connectivity index (χ2n) is 7.84. The molecule has 0 aliphatic carbocycles. The van der Waals surface area contributed by atoms with Crippen molar-refractivity contribution in [3.05, 3.63) is 28.8 Å². The Morgan fingerprint density at radius 2 is 2.03 bits per heavy atom. The molecule has 2 atom stereocenters. The minimum absolute atomic E-state index is 0.115. The molecule has 14 heteroatoms. The number of carbonyl (C=O) groups excluding carboxylic acids is 5. The molecule has 2 heterocycles. The van der Waals surface area contributed by atoms with Gasteiger partial charge in [-0.1, -0.05) is 11.6 Å². The Kier molecular flexibility index (Phi) is 8.12. The fraction of sp³-hybridized carbons (Fsp3) is 0.429. The molecule has 1 aromatic rings. The number of benzene rings is 1. The Labute approximate surface area is 204 Å². The molecule has 13 nitrogen and oxygen atoms in total. The summed E-state index contributed by atoms with van der Waals surface area (Å²) < 4.78 is 5.06. The van der Waals surface area contributed by atoms with E-state index in [1.807, 2.05) is 0 Å². The van der Waals surface area contributed by atoms with E-state index in [1.54, 1.807) is 0 Å². The summed E-state index contributed by atoms with van der Waals surface area (Å²) in [5, 5.41) is 14.4. The maximum atomic E-state index is 13.4. The van der Waals surface area contributed by atoms with Crippen molar-refractivity contribution < 1.29 is 38.6 Å². The van der Waals surface area contributed by atoms with Crippen LogP contribution in [0.5, 0.6) is 5.75 Å². The highest BCUT2D eigenvalue weighted by molar-refractivity contribution is 6.32. The topological polar surface area (TPSA) is 166 Å². The molecule has 0 saturated carbocycles. The number of carboxylic acid groups (broad SMARTS) is 1. The summed E-state index contributed by atoms with van der Waals surface area (Å²) in [5.74, 6) is -2.83. The van der Waals surface area contributed by atoms with Gasteiger partial charge in [0.05, 0.1) is 31.1 Å². The smallest absolute Gasteiger partial charge is 0.358 e. The van der Waals surface area contributed by atoms with Crippen LogP contribution in [0.15, 0.2) is 18.2 Å². The normalized spacial score (nSPS) is 18.8. The Hall–Kier alpha value is -3.87. The molecule has 0 radical (unpaired) electrons. The van der Waals surface area contributed by atoms with Crippen LogP contribution in [-0.4, -0.2) is 88.4 Å². The molecule has 0 aromatic heterocycles. The van der Waals surface area contributed by atoms with Crippen LogP contribution >= 0.6 is 11.6 Å². The number of hydrogen-bond donors (Lipinski definition) is 3. The summed E-state index contributed by atoms with van der Waals surface area (Å²) in [6, 6.07) is 0.962. The van der Waals surface area contributed by atoms with E-state index >= 15 is 0 Å². The van der Waals surface area contributed by atoms with Crippen LogP contribution in [0.4, 0.5) is 4.79 Å². The van der Waals surface area contributed by atoms with E-state index in [1.165, 1.54) is 25.3 Å². The molecule has 3 rings (SSSR count). The number of methoxy groups -OCH3 is 1. The van der Waals surface area contributed by atoms with Crippen molar-refractivity contribution in [2.75, 3.05) is 20.2 Å². The Bertz CT molecular complexity index is 1050. The van der Waals surface area contributed by atoms with Crippen molar-refractivity contribution in [3.8, 4) is 5.75 Å². The van der Waals surface area contributed by atoms with E-state index in [0.717, 1.165) is 15.0 Å². The number of aldehydes is 1. The SMILES string of the molecule is COc1ccc(C(=O)NN2CCC(=O)N3CCCC(C(=O)NC(C=O)CC(=O)O)N3C2=O)cc1Cl. The zero-order valence-corrected chi connectivity index (χ0v) is 19.5. The fourth-order valence-corrected chi connectivity index (χ4v) is 4.07. The van der Waals surface area contributed by atoms with Gasteiger partial charge in [0.25, 0.3) is 5.91 Å². The summed E-state index contributed by atoms with van der Waals surface area (Å²) >= 11 is 6.07. The van der Waals surface area contributed by atoms with E-state index in [9.17, 15) is 28.8 Å². The number of amides is 5. The predicted octanol–water partition coefficient (Wildman–Crippen LogP) is 0.186. The number of hydrogen-bond acceptors (Lipinski definition) is 7. The van der Waals surface area contributed by atoms with Crippen LogP contribution in [0.2, 0.25) is 5.02 Å². The Morgan fingerprint density at radius 1 is 1.29 bits per heavy atom. The number of hydrazine groups is 2. The van der Waals surface area contributed by atoms with Gasteiger partial charge in [-0.3, -0.25) is 24.6 Å². The van der Waals surface area contributed by atoms with Crippen molar-refractivity contribution >= 4 is 47.6 Å². The molecule has 2 unspecified atom stereocenters. The monoisotopic (exact) mass is 509 g/mol. The first-order valence-electron chi connectivity index (χ1n) is 10.7. The number of urea groups is 1. The summed E-state index contributed by atoms with van der Waals surface area (Å²) in [7, 11) is 1.42. The number of ether oxygens (including phenoxy) is 1. The van der Waals surface area contributed by atoms with Gasteiger partial charge in [0.15, 0.2) is 0 Å². The van der Waals surface area contributed by atoms with Gasteiger partial charge < -0.3 is 20.0 Å². The standard InChI is InChI=1S/C21H24ClN5O8/c1-35-16-5-4-12(9-14(16)22)19(32)24-25-8-6-17(29)26-7-2-3-15(27(26)21(25)34)20(33)23-13(11-28)10-18(30)31/h4-5,9,11,13,15H,2-3,6-8,10H2,1H3,(H,23,33)(H,24,32)(H,30,31). The molecule has 2 fully saturated rings. The van der Waals surface area contributed by atoms with Crippen molar-refractivity contribution in [1.29, 1.82) is 0 Å². The minimum atomic E-state index is -1.30. The molecule has 1 aromatic carbocycles. The number of aliphatic carboxylic acids is 1. The molecule has 5 amide bonds. The van der Waals surface area contributed by atoms with Gasteiger partial charge in [0.2, 0.25) is 11.8 Å². The van der Waals surface area contributed by atoms with Gasteiger partial charge >= 0.3 is 12.0 Å². The van der Waals surface area contributed by atoms with Crippen molar-refractivity contribution in [1.82, 2.24) is 25.8 Å². The molecule has 0 bridgehead atoms. The van der Waals surface area contributed by atoms with Gasteiger partial charge in [-0.05, 0) is 31.0 Å². The number of carboxylic acids is 1. The van der Waals surface area contributed by atoms with E-state index in [-0.39, 0.29) is 42.8 Å². The van der Waals surface area contributed by atoms with Crippen LogP contribution in [0.1, 0.15) is 36.0 Å². The number of fused-ring (bicyclic) bond motifs is 1. The van der Waals surface area contributed by atoms with E-state index in [0.29, 0.717) is 12.2 Å². The molecule has 2 aliphatic heterocycles. The minimum Gasteiger partial charge on any atom is -0.495 e. The molecule has 35 heavy (non-hydrogen) atoms. The first kappa shape index (κ1) is 25.7. The van der Waals surface area contributed by atoms with Gasteiger partial charge in [-0.2, -0.15) is 0 Å². The largest absolute Gasteiger partial charge is 0.495 e. The lowest BCUT2D eigenvalue weighted by molar-refractivity contribution is -0.155. The molecule has 2 aliphatic rings. The average Bonchev–Trinajstić information content (AvgIpc) is 2.95. The van der Waals surface area contributed by atoms with Crippen LogP contribution in [-0.2, 0) is 19.2 Å². The zero-order chi connectivity index (χ0) is 25.7. The lowest BCUT2D eigenvalue weighted by Gasteiger charge is -2.42. The first-order valence-corrected chi connectivity index (χ1v) is 11.1. The summed E-state index contributed by atoms with van der Waals surface area (Å²) in [4.78, 5) is 73.8. The van der Waals surface area contributed by atoms with Crippen LogP contribution in [0, 0.1) is 0 Å². The summed E-state index contributed by atoms with van der Waals surface area (Å²) in [5.41, 5.74) is 2.57. The second-order valence-corrected chi connectivity index (χ2v) is 8.25. The van der Waals surface area contributed by atoms with E-state index < -0.39 is 48.2 Å². The highest BCUT2D eigenvalue weighted by atomic mass is 35.5. The third kappa shape index (κ3) is 5.80. The number of rotatable bonds is 8. The number of halogens is 1. The van der Waals surface area contributed by atoms with E-state index in [4.69, 9.17) is 21.4 Å². The molecule has 2 saturated heterocycles. The first-order chi connectivity index (χ1) is 16.7. The van der Waals surface area contributed by atoms with Gasteiger partial charge in [-0.15, -0.1) is 0 Å². The molecule has 0 spiro atoms. The Morgan fingerprint density at radius 3 is 2.66 bits per heavy atom. The molecular weight excluding hydrogens is 486 g/mol. The second kappa shape index (κ2) is 11.0. The Balaban J connectivity index is 1.81. The highest BCUT2D eigenvalue weighted by Crippen LogP contribution is 2.26. The van der Waals surface area contributed by atoms with E-state index in [2.05, 4.69) is 10.7 Å². The fourth-order valence-electron chi connectivity index (χ4n) is 3.81. The molecule has 188 valence electrons. The van der Waals surface area contributed by atoms with Crippen LogP contribution < -0.4 is 15.5 Å². The predicted molar refractivity (Wildman–Crippen MR) is 119 cm³/mol. The lowest BCUT2D eigenvalue weighted by Crippen LogP contribution is -2.64. The number of carbonyl (C=O) groups is 6. The third-order valence-electron chi connectivity index (χ3n) is 5.51. The van der Waals surface area contributed by atoms with Gasteiger partial charge in [0, 0.05) is 18.5 Å². The van der Waals surface area contributed by atoms with Crippen LogP contribution in [0.3, 0.4) is 0 Å². The van der Waals surface area contributed by atoms with Gasteiger partial charge in [0.1, 0.15) is 18.1 Å². The van der Waals surface area contributed by atoms with Gasteiger partial charge in [-0.25, -0.2) is 19.8 Å². The number of nitrogens with zero attached hydrogens (tertiary/aromatic N) is 3. The van der Waals surface area contributed by atoms with Crippen LogP contribution in [0.25, 0.3) is 0 Å². The number of nitrogens with one attached hydrogen (secondary N) is 2. The maximum Gasteiger partial charge on any atom is 0.358 e. The molecule has 3 N–H and O–H groups in total. The highest BCUT2D eigenvalue weighted by Gasteiger charge is 2.44. The zero-order valence-electron chi connectivity index (χ0n) is 18.7. The summed E-state index contributed by atoms with van der Waals surface area (Å²) in [6.07, 6.45) is 0.0980. The van der Waals surface area contributed by atoms with Crippen molar-refractivity contribution in [2.24, 2.45) is 0 Å². The lowest BCUT2D eigenvalue weighted by atomic mass is 10.1.